The average molecular weight is 705 g/mol. The third-order valence-electron chi connectivity index (χ3n) is 10.6. The van der Waals surface area contributed by atoms with Crippen molar-refractivity contribution in [3.63, 3.8) is 0 Å². The lowest BCUT2D eigenvalue weighted by atomic mass is 9.71. The van der Waals surface area contributed by atoms with E-state index in [9.17, 15) is 40.5 Å². The van der Waals surface area contributed by atoms with Crippen LogP contribution in [0.15, 0.2) is 4.99 Å². The van der Waals surface area contributed by atoms with Gasteiger partial charge in [0.15, 0.2) is 12.6 Å². The zero-order valence-corrected chi connectivity index (χ0v) is 29.2. The van der Waals surface area contributed by atoms with E-state index in [-0.39, 0.29) is 31.4 Å². The highest BCUT2D eigenvalue weighted by atomic mass is 16.7. The summed E-state index contributed by atoms with van der Waals surface area (Å²) >= 11 is 0. The maximum Gasteiger partial charge on any atom is 0.244 e. The van der Waals surface area contributed by atoms with Crippen LogP contribution >= 0.6 is 0 Å². The van der Waals surface area contributed by atoms with E-state index < -0.39 is 110 Å². The Labute approximate surface area is 288 Å². The summed E-state index contributed by atoms with van der Waals surface area (Å²) in [6.45, 7) is 6.37. The van der Waals surface area contributed by atoms with Crippen molar-refractivity contribution in [3.05, 3.63) is 0 Å². The van der Waals surface area contributed by atoms with E-state index in [0.29, 0.717) is 19.4 Å². The van der Waals surface area contributed by atoms with Crippen LogP contribution in [0, 0.1) is 23.7 Å². The number of nitrogens with one attached hydrogen (secondary N) is 1. The summed E-state index contributed by atoms with van der Waals surface area (Å²) in [4.78, 5) is 16.7. The monoisotopic (exact) mass is 704 g/mol. The number of carbonyl (C=O) groups excluding carboxylic acids is 1. The number of aliphatic imine (C=N–C) groups is 1. The van der Waals surface area contributed by atoms with Gasteiger partial charge in [0.05, 0.1) is 50.3 Å². The summed E-state index contributed by atoms with van der Waals surface area (Å²) < 4.78 is 30.2. The van der Waals surface area contributed by atoms with Gasteiger partial charge >= 0.3 is 0 Å². The van der Waals surface area contributed by atoms with E-state index >= 15 is 0 Å². The fraction of sp³-hybridized carbons (Fsp3) is 0.941. The maximum absolute atomic E-state index is 12.4. The van der Waals surface area contributed by atoms with Crippen LogP contribution in [0.25, 0.3) is 0 Å². The zero-order chi connectivity index (χ0) is 35.8. The number of nitrogens with zero attached hydrogens (tertiary/aromatic N) is 1. The number of carbonyl (C=O) groups is 1. The molecule has 16 atom stereocenters. The second kappa shape index (κ2) is 18.9. The SMILES string of the molecule is CC=NC(CCCCCCOC1OC(CO)C2OC3OC(CO)C(CC4OC(CO)C(O)C(O)C4C)C(O)C3CC2C1O)C(=O)NC(C)C. The van der Waals surface area contributed by atoms with Gasteiger partial charge in [0.2, 0.25) is 5.91 Å². The van der Waals surface area contributed by atoms with Gasteiger partial charge in [-0.1, -0.05) is 26.2 Å². The van der Waals surface area contributed by atoms with Gasteiger partial charge in [0.25, 0.3) is 0 Å². The normalized spacial score (nSPS) is 41.8. The molecule has 0 bridgehead atoms. The molecule has 0 aromatic rings. The van der Waals surface area contributed by atoms with E-state index in [1.54, 1.807) is 20.1 Å². The van der Waals surface area contributed by atoms with Gasteiger partial charge in [-0.25, -0.2) is 0 Å². The molecule has 0 radical (unpaired) electrons. The molecule has 4 fully saturated rings. The highest BCUT2D eigenvalue weighted by Gasteiger charge is 2.57. The van der Waals surface area contributed by atoms with E-state index in [4.69, 9.17) is 23.7 Å². The second-order valence-electron chi connectivity index (χ2n) is 14.4. The first-order valence-electron chi connectivity index (χ1n) is 18.0. The van der Waals surface area contributed by atoms with Gasteiger partial charge < -0.3 is 64.7 Å². The molecule has 284 valence electrons. The second-order valence-corrected chi connectivity index (χ2v) is 14.4. The standard InChI is InChI=1S/C34H60N2O13/c1-5-35-22(32(44)36-17(2)3)10-8-6-7-9-11-45-34-29(42)20-12-21-28(41)19(13-23-18(4)27(40)30(43)25(15-38)46-23)24(14-37)47-33(21)49-31(20)26(16-39)48-34/h5,17-31,33-34,37-43H,6-16H2,1-4H3,(H,36,44). The molecule has 0 aliphatic carbocycles. The highest BCUT2D eigenvalue weighted by Crippen LogP contribution is 2.47. The molecule has 15 heteroatoms. The first kappa shape index (κ1) is 40.4. The Bertz CT molecular complexity index is 1040. The van der Waals surface area contributed by atoms with Gasteiger partial charge in [-0.05, 0) is 52.7 Å². The largest absolute Gasteiger partial charge is 0.394 e. The van der Waals surface area contributed by atoms with E-state index in [1.807, 2.05) is 13.8 Å². The number of rotatable bonds is 16. The lowest BCUT2D eigenvalue weighted by Gasteiger charge is -2.55. The predicted molar refractivity (Wildman–Crippen MR) is 175 cm³/mol. The zero-order valence-electron chi connectivity index (χ0n) is 29.2. The third-order valence-corrected chi connectivity index (χ3v) is 10.6. The lowest BCUT2D eigenvalue weighted by molar-refractivity contribution is -0.371. The van der Waals surface area contributed by atoms with Crippen molar-refractivity contribution in [3.8, 4) is 0 Å². The van der Waals surface area contributed by atoms with E-state index in [1.165, 1.54) is 0 Å². The molecule has 49 heavy (non-hydrogen) atoms. The van der Waals surface area contributed by atoms with Crippen LogP contribution in [-0.4, -0.2) is 154 Å². The summed E-state index contributed by atoms with van der Waals surface area (Å²) in [5.41, 5.74) is 0. The highest BCUT2D eigenvalue weighted by molar-refractivity contribution is 5.83. The van der Waals surface area contributed by atoms with E-state index in [0.717, 1.165) is 19.3 Å². The number of aliphatic hydroxyl groups is 7. The van der Waals surface area contributed by atoms with Crippen molar-refractivity contribution < 1.29 is 64.2 Å². The van der Waals surface area contributed by atoms with Crippen LogP contribution < -0.4 is 5.32 Å². The van der Waals surface area contributed by atoms with Crippen molar-refractivity contribution >= 4 is 12.1 Å². The maximum atomic E-state index is 12.4. The average Bonchev–Trinajstić information content (AvgIpc) is 3.08. The van der Waals surface area contributed by atoms with Gasteiger partial charge in [-0.2, -0.15) is 0 Å². The number of amides is 1. The molecule has 8 N–H and O–H groups in total. The Morgan fingerprint density at radius 2 is 1.53 bits per heavy atom. The third kappa shape index (κ3) is 9.76. The van der Waals surface area contributed by atoms with Gasteiger partial charge in [0, 0.05) is 36.3 Å². The molecule has 0 spiro atoms. The quantitative estimate of drug-likeness (QED) is 0.0731. The fourth-order valence-electron chi connectivity index (χ4n) is 7.84. The van der Waals surface area contributed by atoms with Crippen molar-refractivity contribution in [1.82, 2.24) is 5.32 Å². The molecule has 1 amide bonds. The van der Waals surface area contributed by atoms with Crippen LogP contribution in [0.5, 0.6) is 0 Å². The smallest absolute Gasteiger partial charge is 0.244 e. The predicted octanol–water partition coefficient (Wildman–Crippen LogP) is -0.761. The molecular formula is C34H60N2O13. The lowest BCUT2D eigenvalue weighted by Crippen LogP contribution is -2.65. The van der Waals surface area contributed by atoms with Crippen molar-refractivity contribution in [2.24, 2.45) is 28.7 Å². The Kier molecular flexibility index (Phi) is 15.6. The van der Waals surface area contributed by atoms with Crippen LogP contribution in [-0.2, 0) is 28.5 Å². The summed E-state index contributed by atoms with van der Waals surface area (Å²) in [6, 6.07) is -0.354. The minimum absolute atomic E-state index is 0.0504. The molecule has 16 unspecified atom stereocenters. The van der Waals surface area contributed by atoms with Crippen LogP contribution in [0.3, 0.4) is 0 Å². The topological polar surface area (TPSA) is 229 Å². The van der Waals surface area contributed by atoms with Gasteiger partial charge in [-0.15, -0.1) is 0 Å². The summed E-state index contributed by atoms with van der Waals surface area (Å²) in [7, 11) is 0. The molecule has 0 aromatic carbocycles. The Morgan fingerprint density at radius 1 is 0.837 bits per heavy atom. The van der Waals surface area contributed by atoms with Crippen LogP contribution in [0.4, 0.5) is 0 Å². The fourth-order valence-corrected chi connectivity index (χ4v) is 7.84. The van der Waals surface area contributed by atoms with Crippen molar-refractivity contribution in [1.29, 1.82) is 0 Å². The molecule has 4 rings (SSSR count). The Balaban J connectivity index is 1.31. The van der Waals surface area contributed by atoms with E-state index in [2.05, 4.69) is 10.3 Å². The number of aliphatic hydroxyl groups excluding tert-OH is 7. The Morgan fingerprint density at radius 3 is 2.18 bits per heavy atom. The first-order valence-corrected chi connectivity index (χ1v) is 18.0. The number of ether oxygens (including phenoxy) is 5. The summed E-state index contributed by atoms with van der Waals surface area (Å²) in [5, 5.41) is 76.8. The van der Waals surface area contributed by atoms with Crippen molar-refractivity contribution in [2.75, 3.05) is 26.4 Å². The van der Waals surface area contributed by atoms with Crippen molar-refractivity contribution in [2.45, 2.75) is 152 Å². The molecule has 4 aliphatic heterocycles. The number of fused-ring (bicyclic) bond motifs is 2. The number of hydrogen-bond donors (Lipinski definition) is 8. The molecule has 0 aromatic heterocycles. The molecule has 4 saturated heterocycles. The number of hydrogen-bond acceptors (Lipinski definition) is 14. The van der Waals surface area contributed by atoms with Crippen LogP contribution in [0.2, 0.25) is 0 Å². The van der Waals surface area contributed by atoms with Gasteiger partial charge in [-0.3, -0.25) is 9.79 Å². The molecule has 15 nitrogen and oxygen atoms in total. The molecule has 4 heterocycles. The van der Waals surface area contributed by atoms with Crippen LogP contribution in [0.1, 0.15) is 72.6 Å². The molecule has 4 aliphatic rings. The van der Waals surface area contributed by atoms with Gasteiger partial charge in [0.1, 0.15) is 30.5 Å². The summed E-state index contributed by atoms with van der Waals surface area (Å²) in [6.07, 6.45) is -4.47. The Hall–Kier alpha value is -1.34. The molecule has 0 saturated carbocycles. The molecular weight excluding hydrogens is 644 g/mol. The summed E-state index contributed by atoms with van der Waals surface area (Å²) in [5.74, 6) is -2.36. The first-order chi connectivity index (χ1) is 23.4. The minimum Gasteiger partial charge on any atom is -0.394 e. The minimum atomic E-state index is -1.25. The number of unbranched alkanes of at least 4 members (excludes halogenated alkanes) is 3.